The Morgan fingerprint density at radius 1 is 1.65 bits per heavy atom. The van der Waals surface area contributed by atoms with Gasteiger partial charge in [0.15, 0.2) is 0 Å². The van der Waals surface area contributed by atoms with Gasteiger partial charge in [-0.1, -0.05) is 26.1 Å². The summed E-state index contributed by atoms with van der Waals surface area (Å²) in [5, 5.41) is 0. The second-order valence-electron chi connectivity index (χ2n) is 4.74. The Morgan fingerprint density at radius 2 is 2.29 bits per heavy atom. The van der Waals surface area contributed by atoms with E-state index in [1.807, 2.05) is 13.8 Å². The van der Waals surface area contributed by atoms with Crippen LogP contribution in [0.1, 0.15) is 27.2 Å². The normalized spacial score (nSPS) is 25.6. The number of thiocarbonyl (C=S) groups is 1. The van der Waals surface area contributed by atoms with Crippen LogP contribution in [-0.2, 0) is 9.53 Å². The molecule has 1 saturated heterocycles. The molecule has 0 aromatic rings. The van der Waals surface area contributed by atoms with Crippen molar-refractivity contribution in [2.24, 2.45) is 17.6 Å². The quantitative estimate of drug-likeness (QED) is 0.752. The fraction of sp³-hybridized carbons (Fsp3) is 0.833. The van der Waals surface area contributed by atoms with Crippen LogP contribution in [0.25, 0.3) is 0 Å². The Balaban J connectivity index is 2.60. The third kappa shape index (κ3) is 3.64. The van der Waals surface area contributed by atoms with E-state index in [2.05, 4.69) is 6.92 Å². The highest BCUT2D eigenvalue weighted by Gasteiger charge is 2.34. The first kappa shape index (κ1) is 14.4. The lowest BCUT2D eigenvalue weighted by molar-refractivity contribution is -0.142. The molecule has 1 aliphatic heterocycles. The Morgan fingerprint density at radius 3 is 2.71 bits per heavy atom. The van der Waals surface area contributed by atoms with Gasteiger partial charge in [0.25, 0.3) is 5.91 Å². The van der Waals surface area contributed by atoms with E-state index in [9.17, 15) is 4.79 Å². The van der Waals surface area contributed by atoms with Crippen molar-refractivity contribution >= 4 is 23.1 Å². The minimum atomic E-state index is -0.284. The molecule has 0 aromatic carbocycles. The molecule has 0 spiro atoms. The number of hydrogen-bond donors (Lipinski definition) is 1. The van der Waals surface area contributed by atoms with Gasteiger partial charge in [-0.2, -0.15) is 0 Å². The van der Waals surface area contributed by atoms with Gasteiger partial charge in [-0.05, 0) is 19.3 Å². The number of nitrogens with zero attached hydrogens (tertiary/aromatic N) is 1. The van der Waals surface area contributed by atoms with Crippen LogP contribution in [0.5, 0.6) is 0 Å². The number of hydrogen-bond acceptors (Lipinski definition) is 3. The Bertz CT molecular complexity index is 296. The molecule has 3 atom stereocenters. The molecule has 17 heavy (non-hydrogen) atoms. The van der Waals surface area contributed by atoms with Gasteiger partial charge in [0.05, 0.1) is 4.99 Å². The van der Waals surface area contributed by atoms with E-state index >= 15 is 0 Å². The molecule has 0 radical (unpaired) electrons. The SMILES string of the molecule is CCN(CC(C)C(N)=S)C(=O)C1OCCC1C. The van der Waals surface area contributed by atoms with Crippen molar-refractivity contribution in [1.82, 2.24) is 4.90 Å². The maximum Gasteiger partial charge on any atom is 0.251 e. The van der Waals surface area contributed by atoms with Gasteiger partial charge < -0.3 is 15.4 Å². The molecule has 0 bridgehead atoms. The van der Waals surface area contributed by atoms with E-state index in [4.69, 9.17) is 22.7 Å². The van der Waals surface area contributed by atoms with Crippen molar-refractivity contribution in [3.8, 4) is 0 Å². The van der Waals surface area contributed by atoms with Gasteiger partial charge in [0.1, 0.15) is 6.10 Å². The number of rotatable bonds is 5. The Labute approximate surface area is 108 Å². The van der Waals surface area contributed by atoms with E-state index in [0.29, 0.717) is 30.6 Å². The summed E-state index contributed by atoms with van der Waals surface area (Å²) in [6.45, 7) is 7.89. The summed E-state index contributed by atoms with van der Waals surface area (Å²) in [5.41, 5.74) is 5.58. The van der Waals surface area contributed by atoms with Gasteiger partial charge in [0, 0.05) is 25.6 Å². The molecule has 3 unspecified atom stereocenters. The molecular weight excluding hydrogens is 236 g/mol. The molecule has 0 aromatic heterocycles. The summed E-state index contributed by atoms with van der Waals surface area (Å²) in [6.07, 6.45) is 0.673. The zero-order chi connectivity index (χ0) is 13.0. The minimum absolute atomic E-state index is 0.0469. The van der Waals surface area contributed by atoms with Gasteiger partial charge in [-0.3, -0.25) is 4.79 Å². The summed E-state index contributed by atoms with van der Waals surface area (Å²) >= 11 is 4.94. The number of amides is 1. The molecule has 0 saturated carbocycles. The number of carbonyl (C=O) groups is 1. The molecule has 0 aliphatic carbocycles. The summed E-state index contributed by atoms with van der Waals surface area (Å²) in [5.74, 6) is 0.419. The van der Waals surface area contributed by atoms with Gasteiger partial charge >= 0.3 is 0 Å². The molecule has 1 fully saturated rings. The Kier molecular flexibility index (Phi) is 5.33. The monoisotopic (exact) mass is 258 g/mol. The van der Waals surface area contributed by atoms with Crippen LogP contribution in [0.4, 0.5) is 0 Å². The van der Waals surface area contributed by atoms with Crippen molar-refractivity contribution in [2.45, 2.75) is 33.3 Å². The minimum Gasteiger partial charge on any atom is -0.393 e. The molecule has 4 nitrogen and oxygen atoms in total. The second-order valence-corrected chi connectivity index (χ2v) is 5.21. The third-order valence-corrected chi connectivity index (χ3v) is 3.71. The van der Waals surface area contributed by atoms with Crippen LogP contribution in [0.15, 0.2) is 0 Å². The zero-order valence-electron chi connectivity index (χ0n) is 10.8. The maximum absolute atomic E-state index is 12.3. The van der Waals surface area contributed by atoms with E-state index in [0.717, 1.165) is 6.42 Å². The van der Waals surface area contributed by atoms with E-state index < -0.39 is 0 Å². The van der Waals surface area contributed by atoms with Crippen LogP contribution in [0.2, 0.25) is 0 Å². The van der Waals surface area contributed by atoms with E-state index in [1.165, 1.54) is 0 Å². The lowest BCUT2D eigenvalue weighted by Gasteiger charge is -2.27. The molecule has 5 heteroatoms. The van der Waals surface area contributed by atoms with Crippen molar-refractivity contribution in [1.29, 1.82) is 0 Å². The van der Waals surface area contributed by atoms with Crippen LogP contribution in [-0.4, -0.2) is 41.6 Å². The molecule has 2 N–H and O–H groups in total. The molecule has 1 rings (SSSR count). The van der Waals surface area contributed by atoms with Gasteiger partial charge in [-0.25, -0.2) is 0 Å². The molecule has 1 heterocycles. The highest BCUT2D eigenvalue weighted by atomic mass is 32.1. The fourth-order valence-corrected chi connectivity index (χ4v) is 2.06. The first-order valence-electron chi connectivity index (χ1n) is 6.17. The Hall–Kier alpha value is -0.680. The van der Waals surface area contributed by atoms with Crippen molar-refractivity contribution in [2.75, 3.05) is 19.7 Å². The topological polar surface area (TPSA) is 55.6 Å². The van der Waals surface area contributed by atoms with E-state index in [1.54, 1.807) is 4.90 Å². The average molecular weight is 258 g/mol. The molecule has 1 amide bonds. The lowest BCUT2D eigenvalue weighted by atomic mass is 10.0. The summed E-state index contributed by atoms with van der Waals surface area (Å²) in [6, 6.07) is 0. The third-order valence-electron chi connectivity index (χ3n) is 3.30. The first-order valence-corrected chi connectivity index (χ1v) is 6.57. The van der Waals surface area contributed by atoms with Crippen LogP contribution in [0.3, 0.4) is 0 Å². The smallest absolute Gasteiger partial charge is 0.251 e. The highest BCUT2D eigenvalue weighted by molar-refractivity contribution is 7.80. The fourth-order valence-electron chi connectivity index (χ4n) is 1.99. The second kappa shape index (κ2) is 6.31. The average Bonchev–Trinajstić information content (AvgIpc) is 2.70. The summed E-state index contributed by atoms with van der Waals surface area (Å²) < 4.78 is 5.50. The van der Waals surface area contributed by atoms with E-state index in [-0.39, 0.29) is 17.9 Å². The van der Waals surface area contributed by atoms with Gasteiger partial charge in [-0.15, -0.1) is 0 Å². The number of carbonyl (C=O) groups excluding carboxylic acids is 1. The van der Waals surface area contributed by atoms with Crippen LogP contribution in [0, 0.1) is 11.8 Å². The highest BCUT2D eigenvalue weighted by Crippen LogP contribution is 2.22. The standard InChI is InChI=1S/C12H22N2O2S/c1-4-14(7-9(3)11(13)17)12(15)10-8(2)5-6-16-10/h8-10H,4-7H2,1-3H3,(H2,13,17). The van der Waals surface area contributed by atoms with Gasteiger partial charge in [0.2, 0.25) is 0 Å². The lowest BCUT2D eigenvalue weighted by Crippen LogP contribution is -2.44. The van der Waals surface area contributed by atoms with Crippen molar-refractivity contribution < 1.29 is 9.53 Å². The predicted molar refractivity (Wildman–Crippen MR) is 71.7 cm³/mol. The zero-order valence-corrected chi connectivity index (χ0v) is 11.6. The largest absolute Gasteiger partial charge is 0.393 e. The number of nitrogens with two attached hydrogens (primary N) is 1. The molecule has 98 valence electrons. The predicted octanol–water partition coefficient (Wildman–Crippen LogP) is 1.18. The molecule has 1 aliphatic rings. The molecular formula is C12H22N2O2S. The summed E-state index contributed by atoms with van der Waals surface area (Å²) in [7, 11) is 0. The maximum atomic E-state index is 12.3. The number of likely N-dealkylation sites (N-methyl/N-ethyl adjacent to an activating group) is 1. The van der Waals surface area contributed by atoms with Crippen LogP contribution < -0.4 is 5.73 Å². The van der Waals surface area contributed by atoms with Crippen molar-refractivity contribution in [3.05, 3.63) is 0 Å². The van der Waals surface area contributed by atoms with Crippen LogP contribution >= 0.6 is 12.2 Å². The number of ether oxygens (including phenoxy) is 1. The summed E-state index contributed by atoms with van der Waals surface area (Å²) in [4.78, 5) is 14.5. The first-order chi connectivity index (χ1) is 7.97. The van der Waals surface area contributed by atoms with Crippen molar-refractivity contribution in [3.63, 3.8) is 0 Å².